The van der Waals surface area contributed by atoms with Gasteiger partial charge in [0, 0.05) is 20.2 Å². The van der Waals surface area contributed by atoms with Gasteiger partial charge in [0.15, 0.2) is 15.0 Å². The Morgan fingerprint density at radius 3 is 2.65 bits per heavy atom. The zero-order valence-corrected chi connectivity index (χ0v) is 21.1. The highest BCUT2D eigenvalue weighted by Crippen LogP contribution is 2.28. The zero-order chi connectivity index (χ0) is 24.7. The summed E-state index contributed by atoms with van der Waals surface area (Å²) in [5.74, 6) is -0.670. The number of imide groups is 1. The Kier molecular flexibility index (Phi) is 8.97. The van der Waals surface area contributed by atoms with Crippen molar-refractivity contribution in [3.8, 4) is 0 Å². The van der Waals surface area contributed by atoms with Gasteiger partial charge < -0.3 is 9.64 Å². The summed E-state index contributed by atoms with van der Waals surface area (Å²) in [5, 5.41) is 5.15. The third kappa shape index (κ3) is 6.73. The Hall–Kier alpha value is -2.57. The van der Waals surface area contributed by atoms with Crippen LogP contribution in [-0.4, -0.2) is 69.3 Å². The number of amides is 3. The van der Waals surface area contributed by atoms with Crippen LogP contribution in [0.1, 0.15) is 17.3 Å². The van der Waals surface area contributed by atoms with Crippen molar-refractivity contribution in [2.45, 2.75) is 11.8 Å². The third-order valence-electron chi connectivity index (χ3n) is 5.02. The molecule has 182 valence electrons. The molecule has 0 bridgehead atoms. The summed E-state index contributed by atoms with van der Waals surface area (Å²) in [4.78, 5) is 31.0. The SMILES string of the molecule is CCN(CCOC)CCS(=O)(=O)c1ccc2nc(NC(=O)NC(=O)c3ccccc3Cl)sc2c1. The van der Waals surface area contributed by atoms with Crippen molar-refractivity contribution in [1.29, 1.82) is 0 Å². The number of benzene rings is 2. The maximum Gasteiger partial charge on any atom is 0.327 e. The first-order valence-corrected chi connectivity index (χ1v) is 13.3. The summed E-state index contributed by atoms with van der Waals surface area (Å²) in [7, 11) is -1.90. The molecule has 0 atom stereocenters. The van der Waals surface area contributed by atoms with E-state index in [1.165, 1.54) is 12.1 Å². The fraction of sp³-hybridized carbons (Fsp3) is 0.318. The van der Waals surface area contributed by atoms with Crippen LogP contribution in [0.4, 0.5) is 9.93 Å². The number of urea groups is 1. The predicted molar refractivity (Wildman–Crippen MR) is 134 cm³/mol. The van der Waals surface area contributed by atoms with Gasteiger partial charge in [0.1, 0.15) is 0 Å². The molecule has 0 spiro atoms. The van der Waals surface area contributed by atoms with E-state index in [0.29, 0.717) is 29.9 Å². The summed E-state index contributed by atoms with van der Waals surface area (Å²) < 4.78 is 31.3. The number of rotatable bonds is 10. The number of fused-ring (bicyclic) bond motifs is 1. The Morgan fingerprint density at radius 1 is 1.18 bits per heavy atom. The number of hydrogen-bond donors (Lipinski definition) is 2. The van der Waals surface area contributed by atoms with Gasteiger partial charge in [-0.2, -0.15) is 0 Å². The second-order valence-corrected chi connectivity index (χ2v) is 10.8. The number of ether oxygens (including phenoxy) is 1. The van der Waals surface area contributed by atoms with Crippen LogP contribution in [0.3, 0.4) is 0 Å². The van der Waals surface area contributed by atoms with Crippen molar-refractivity contribution in [3.63, 3.8) is 0 Å². The average molecular weight is 525 g/mol. The number of sulfone groups is 1. The first-order chi connectivity index (χ1) is 16.2. The molecule has 0 aliphatic carbocycles. The van der Waals surface area contributed by atoms with Crippen LogP contribution < -0.4 is 10.6 Å². The highest BCUT2D eigenvalue weighted by molar-refractivity contribution is 7.91. The fourth-order valence-electron chi connectivity index (χ4n) is 3.11. The fourth-order valence-corrected chi connectivity index (χ4v) is 5.61. The number of halogens is 1. The molecule has 0 fully saturated rings. The molecular weight excluding hydrogens is 500 g/mol. The third-order valence-corrected chi connectivity index (χ3v) is 7.98. The zero-order valence-electron chi connectivity index (χ0n) is 18.7. The molecule has 2 N–H and O–H groups in total. The van der Waals surface area contributed by atoms with Crippen LogP contribution in [0, 0.1) is 0 Å². The maximum absolute atomic E-state index is 12.8. The number of carbonyl (C=O) groups excluding carboxylic acids is 2. The summed E-state index contributed by atoms with van der Waals surface area (Å²) in [6.07, 6.45) is 0. The molecule has 9 nitrogen and oxygen atoms in total. The molecular formula is C22H25ClN4O5S2. The number of thiazole rings is 1. The highest BCUT2D eigenvalue weighted by Gasteiger charge is 2.19. The largest absolute Gasteiger partial charge is 0.383 e. The van der Waals surface area contributed by atoms with Crippen LogP contribution in [0.25, 0.3) is 10.2 Å². The summed E-state index contributed by atoms with van der Waals surface area (Å²) in [6.45, 7) is 4.29. The number of carbonyl (C=O) groups is 2. The van der Waals surface area contributed by atoms with Gasteiger partial charge >= 0.3 is 6.03 Å². The van der Waals surface area contributed by atoms with E-state index in [0.717, 1.165) is 17.9 Å². The minimum Gasteiger partial charge on any atom is -0.383 e. The topological polar surface area (TPSA) is 118 Å². The Labute approximate surface area is 207 Å². The van der Waals surface area contributed by atoms with E-state index in [1.54, 1.807) is 37.4 Å². The second-order valence-electron chi connectivity index (χ2n) is 7.28. The van der Waals surface area contributed by atoms with Crippen molar-refractivity contribution in [2.24, 2.45) is 0 Å². The van der Waals surface area contributed by atoms with E-state index < -0.39 is 21.8 Å². The summed E-state index contributed by atoms with van der Waals surface area (Å²) in [6, 6.07) is 10.2. The lowest BCUT2D eigenvalue weighted by Gasteiger charge is -2.19. The van der Waals surface area contributed by atoms with Crippen molar-refractivity contribution < 1.29 is 22.7 Å². The van der Waals surface area contributed by atoms with Crippen LogP contribution >= 0.6 is 22.9 Å². The van der Waals surface area contributed by atoms with E-state index in [1.807, 2.05) is 11.8 Å². The molecule has 0 aliphatic heterocycles. The lowest BCUT2D eigenvalue weighted by molar-refractivity contribution is 0.0967. The van der Waals surface area contributed by atoms with Crippen LogP contribution in [0.5, 0.6) is 0 Å². The molecule has 3 amide bonds. The molecule has 34 heavy (non-hydrogen) atoms. The number of anilines is 1. The molecule has 1 aromatic heterocycles. The predicted octanol–water partition coefficient (Wildman–Crippen LogP) is 3.65. The maximum atomic E-state index is 12.8. The molecule has 1 heterocycles. The van der Waals surface area contributed by atoms with E-state index >= 15 is 0 Å². The van der Waals surface area contributed by atoms with Gasteiger partial charge in [-0.3, -0.25) is 15.4 Å². The molecule has 0 radical (unpaired) electrons. The van der Waals surface area contributed by atoms with E-state index in [4.69, 9.17) is 16.3 Å². The average Bonchev–Trinajstić information content (AvgIpc) is 3.20. The Bertz CT molecular complexity index is 1280. The number of methoxy groups -OCH3 is 1. The quantitative estimate of drug-likeness (QED) is 0.415. The minimum atomic E-state index is -3.51. The molecule has 3 aromatic rings. The summed E-state index contributed by atoms with van der Waals surface area (Å²) in [5.41, 5.74) is 0.703. The van der Waals surface area contributed by atoms with Crippen LogP contribution in [0.2, 0.25) is 5.02 Å². The van der Waals surface area contributed by atoms with Gasteiger partial charge in [-0.1, -0.05) is 42.0 Å². The van der Waals surface area contributed by atoms with Crippen LogP contribution in [0.15, 0.2) is 47.4 Å². The number of nitrogens with one attached hydrogen (secondary N) is 2. The molecule has 12 heteroatoms. The van der Waals surface area contributed by atoms with Crippen molar-refractivity contribution in [1.82, 2.24) is 15.2 Å². The smallest absolute Gasteiger partial charge is 0.327 e. The number of nitrogens with zero attached hydrogens (tertiary/aromatic N) is 2. The molecule has 0 saturated carbocycles. The number of likely N-dealkylation sites (N-methyl/N-ethyl adjacent to an activating group) is 1. The highest BCUT2D eigenvalue weighted by atomic mass is 35.5. The lowest BCUT2D eigenvalue weighted by Crippen LogP contribution is -2.34. The van der Waals surface area contributed by atoms with E-state index in [-0.39, 0.29) is 26.4 Å². The first-order valence-electron chi connectivity index (χ1n) is 10.4. The van der Waals surface area contributed by atoms with E-state index in [9.17, 15) is 18.0 Å². The number of hydrogen-bond acceptors (Lipinski definition) is 8. The van der Waals surface area contributed by atoms with Crippen molar-refractivity contribution in [2.75, 3.05) is 44.4 Å². The van der Waals surface area contributed by atoms with Gasteiger partial charge in [-0.05, 0) is 36.9 Å². The molecule has 0 saturated heterocycles. The first kappa shape index (κ1) is 26.0. The normalized spacial score (nSPS) is 11.6. The van der Waals surface area contributed by atoms with Crippen molar-refractivity contribution >= 4 is 60.1 Å². The Morgan fingerprint density at radius 2 is 1.94 bits per heavy atom. The molecule has 2 aromatic carbocycles. The van der Waals surface area contributed by atoms with Gasteiger partial charge in [0.05, 0.1) is 38.1 Å². The second kappa shape index (κ2) is 11.7. The van der Waals surface area contributed by atoms with E-state index in [2.05, 4.69) is 15.6 Å². The summed E-state index contributed by atoms with van der Waals surface area (Å²) >= 11 is 7.09. The van der Waals surface area contributed by atoms with Gasteiger partial charge in [-0.15, -0.1) is 0 Å². The Balaban J connectivity index is 1.66. The van der Waals surface area contributed by atoms with Crippen molar-refractivity contribution in [3.05, 3.63) is 53.1 Å². The molecule has 3 rings (SSSR count). The lowest BCUT2D eigenvalue weighted by atomic mass is 10.2. The number of aromatic nitrogens is 1. The minimum absolute atomic E-state index is 0.0213. The standard InChI is InChI=1S/C22H25ClN4O5S2/c1-3-27(10-12-32-2)11-13-34(30,31)15-8-9-18-19(14-15)33-22(24-18)26-21(29)25-20(28)16-6-4-5-7-17(16)23/h4-9,14H,3,10-13H2,1-2H3,(H2,24,25,26,28,29). The van der Waals surface area contributed by atoms with Gasteiger partial charge in [0.2, 0.25) is 0 Å². The monoisotopic (exact) mass is 524 g/mol. The van der Waals surface area contributed by atoms with Crippen LogP contribution in [-0.2, 0) is 14.6 Å². The molecule has 0 aliphatic rings. The van der Waals surface area contributed by atoms with Gasteiger partial charge in [-0.25, -0.2) is 18.2 Å². The van der Waals surface area contributed by atoms with Gasteiger partial charge in [0.25, 0.3) is 5.91 Å². The molecule has 0 unspecified atom stereocenters.